The van der Waals surface area contributed by atoms with E-state index in [2.05, 4.69) is 0 Å². The summed E-state index contributed by atoms with van der Waals surface area (Å²) in [7, 11) is 1.61. The van der Waals surface area contributed by atoms with Crippen molar-refractivity contribution in [2.75, 3.05) is 18.6 Å². The van der Waals surface area contributed by atoms with Crippen molar-refractivity contribution in [2.24, 2.45) is 0 Å². The Morgan fingerprint density at radius 2 is 2.00 bits per heavy atom. The van der Waals surface area contributed by atoms with Gasteiger partial charge in [0, 0.05) is 12.2 Å². The fraction of sp³-hybridized carbons (Fsp3) is 0.200. The van der Waals surface area contributed by atoms with Crippen LogP contribution in [0.5, 0.6) is 5.75 Å². The highest BCUT2D eigenvalue weighted by Gasteiger charge is 2.27. The smallest absolute Gasteiger partial charge is 0.345 e. The summed E-state index contributed by atoms with van der Waals surface area (Å²) in [5.41, 5.74) is 1.93. The normalized spacial score (nSPS) is 13.1. The van der Waals surface area contributed by atoms with Gasteiger partial charge in [-0.25, -0.2) is 4.79 Å². The minimum Gasteiger partial charge on any atom is -0.497 e. The Balaban J connectivity index is 1.89. The summed E-state index contributed by atoms with van der Waals surface area (Å²) in [5, 5.41) is 8.93. The van der Waals surface area contributed by atoms with Crippen molar-refractivity contribution in [2.45, 2.75) is 6.42 Å². The van der Waals surface area contributed by atoms with Crippen LogP contribution in [0.15, 0.2) is 30.3 Å². The van der Waals surface area contributed by atoms with E-state index in [1.807, 2.05) is 18.2 Å². The standard InChI is InChI=1S/C15H13NO4S/c1-20-10-2-3-11-9(8-10)6-7-16(11)14(17)12-4-5-13(21-12)15(18)19/h2-5,8H,6-7H2,1H3,(H,18,19). The number of benzene rings is 1. The molecule has 2 aromatic rings. The SMILES string of the molecule is COc1ccc2c(c1)CCN2C(=O)c1ccc(C(=O)O)s1. The highest BCUT2D eigenvalue weighted by Crippen LogP contribution is 2.33. The van der Waals surface area contributed by atoms with Crippen LogP contribution in [0, 0.1) is 0 Å². The second-order valence-electron chi connectivity index (χ2n) is 4.67. The molecule has 0 spiro atoms. The lowest BCUT2D eigenvalue weighted by Crippen LogP contribution is -2.28. The van der Waals surface area contributed by atoms with Gasteiger partial charge in [0.2, 0.25) is 0 Å². The molecule has 2 heterocycles. The van der Waals surface area contributed by atoms with Gasteiger partial charge in [-0.3, -0.25) is 4.79 Å². The van der Waals surface area contributed by atoms with Crippen molar-refractivity contribution in [3.63, 3.8) is 0 Å². The molecule has 0 saturated carbocycles. The lowest BCUT2D eigenvalue weighted by atomic mass is 10.1. The first kappa shape index (κ1) is 13.6. The van der Waals surface area contributed by atoms with E-state index in [0.717, 1.165) is 34.8 Å². The van der Waals surface area contributed by atoms with Crippen molar-refractivity contribution in [1.29, 1.82) is 0 Å². The van der Waals surface area contributed by atoms with Crippen molar-refractivity contribution in [3.8, 4) is 5.75 Å². The summed E-state index contributed by atoms with van der Waals surface area (Å²) in [6.45, 7) is 0.599. The van der Waals surface area contributed by atoms with Gasteiger partial charge in [-0.2, -0.15) is 0 Å². The zero-order valence-corrected chi connectivity index (χ0v) is 12.1. The van der Waals surface area contributed by atoms with Gasteiger partial charge in [-0.05, 0) is 42.3 Å². The van der Waals surface area contributed by atoms with E-state index in [1.54, 1.807) is 18.1 Å². The minimum atomic E-state index is -1.01. The van der Waals surface area contributed by atoms with E-state index in [1.165, 1.54) is 6.07 Å². The molecule has 0 radical (unpaired) electrons. The maximum absolute atomic E-state index is 12.5. The van der Waals surface area contributed by atoms with Crippen LogP contribution in [-0.2, 0) is 6.42 Å². The number of aromatic carboxylic acids is 1. The van der Waals surface area contributed by atoms with Gasteiger partial charge in [-0.1, -0.05) is 0 Å². The lowest BCUT2D eigenvalue weighted by Gasteiger charge is -2.16. The summed E-state index contributed by atoms with van der Waals surface area (Å²) >= 11 is 1.00. The third kappa shape index (κ3) is 2.38. The van der Waals surface area contributed by atoms with Crippen LogP contribution in [0.2, 0.25) is 0 Å². The molecule has 5 nitrogen and oxygen atoms in total. The number of thiophene rings is 1. The zero-order chi connectivity index (χ0) is 15.0. The number of fused-ring (bicyclic) bond motifs is 1. The molecule has 1 aromatic carbocycles. The molecule has 1 aliphatic heterocycles. The van der Waals surface area contributed by atoms with Gasteiger partial charge in [0.25, 0.3) is 5.91 Å². The molecule has 21 heavy (non-hydrogen) atoms. The third-order valence-corrected chi connectivity index (χ3v) is 4.52. The number of nitrogens with zero attached hydrogens (tertiary/aromatic N) is 1. The van der Waals surface area contributed by atoms with Gasteiger partial charge in [0.15, 0.2) is 0 Å². The van der Waals surface area contributed by atoms with Crippen molar-refractivity contribution in [3.05, 3.63) is 45.6 Å². The van der Waals surface area contributed by atoms with E-state index in [-0.39, 0.29) is 10.8 Å². The Morgan fingerprint density at radius 1 is 1.24 bits per heavy atom. The van der Waals surface area contributed by atoms with E-state index in [0.29, 0.717) is 11.4 Å². The van der Waals surface area contributed by atoms with Crippen LogP contribution in [0.1, 0.15) is 24.9 Å². The molecule has 1 aliphatic rings. The molecule has 1 N–H and O–H groups in total. The lowest BCUT2D eigenvalue weighted by molar-refractivity contribution is 0.0702. The molecule has 6 heteroatoms. The molecule has 0 fully saturated rings. The summed E-state index contributed by atoms with van der Waals surface area (Å²) in [4.78, 5) is 25.7. The Kier molecular flexibility index (Phi) is 3.39. The van der Waals surface area contributed by atoms with E-state index in [4.69, 9.17) is 9.84 Å². The maximum Gasteiger partial charge on any atom is 0.345 e. The number of carboxylic acid groups (broad SMARTS) is 1. The molecule has 0 atom stereocenters. The summed E-state index contributed by atoms with van der Waals surface area (Å²) in [6.07, 6.45) is 0.773. The summed E-state index contributed by atoms with van der Waals surface area (Å²) < 4.78 is 5.18. The second kappa shape index (κ2) is 5.21. The number of carboxylic acids is 1. The topological polar surface area (TPSA) is 66.8 Å². The summed E-state index contributed by atoms with van der Waals surface area (Å²) in [6, 6.07) is 8.65. The fourth-order valence-electron chi connectivity index (χ4n) is 2.42. The largest absolute Gasteiger partial charge is 0.497 e. The van der Waals surface area contributed by atoms with Gasteiger partial charge in [0.1, 0.15) is 10.6 Å². The Labute approximate surface area is 125 Å². The number of amides is 1. The third-order valence-electron chi connectivity index (χ3n) is 3.45. The van der Waals surface area contributed by atoms with Crippen LogP contribution < -0.4 is 9.64 Å². The van der Waals surface area contributed by atoms with Crippen LogP contribution >= 0.6 is 11.3 Å². The first-order valence-electron chi connectivity index (χ1n) is 6.42. The van der Waals surface area contributed by atoms with Crippen molar-refractivity contribution in [1.82, 2.24) is 0 Å². The number of hydrogen-bond acceptors (Lipinski definition) is 4. The molecule has 0 saturated heterocycles. The predicted molar refractivity (Wildman–Crippen MR) is 79.7 cm³/mol. The second-order valence-corrected chi connectivity index (χ2v) is 5.75. The molecular formula is C15H13NO4S. The van der Waals surface area contributed by atoms with Crippen LogP contribution in [0.25, 0.3) is 0 Å². The Hall–Kier alpha value is -2.34. The van der Waals surface area contributed by atoms with Gasteiger partial charge in [-0.15, -0.1) is 11.3 Å². The number of rotatable bonds is 3. The van der Waals surface area contributed by atoms with Crippen LogP contribution in [-0.4, -0.2) is 30.6 Å². The van der Waals surface area contributed by atoms with Gasteiger partial charge in [0.05, 0.1) is 12.0 Å². The molecule has 0 aliphatic carbocycles. The number of ether oxygens (including phenoxy) is 1. The number of carbonyl (C=O) groups is 2. The first-order valence-corrected chi connectivity index (χ1v) is 7.23. The highest BCUT2D eigenvalue weighted by molar-refractivity contribution is 7.16. The molecule has 3 rings (SSSR count). The quantitative estimate of drug-likeness (QED) is 0.946. The molecule has 0 unspecified atom stereocenters. The maximum atomic E-state index is 12.5. The Morgan fingerprint density at radius 3 is 2.67 bits per heavy atom. The molecular weight excluding hydrogens is 290 g/mol. The van der Waals surface area contributed by atoms with Gasteiger partial charge >= 0.3 is 5.97 Å². The number of hydrogen-bond donors (Lipinski definition) is 1. The number of methoxy groups -OCH3 is 1. The molecule has 1 aromatic heterocycles. The van der Waals surface area contributed by atoms with Crippen molar-refractivity contribution < 1.29 is 19.4 Å². The predicted octanol–water partition coefficient (Wildman–Crippen LogP) is 2.66. The monoisotopic (exact) mass is 303 g/mol. The van der Waals surface area contributed by atoms with E-state index >= 15 is 0 Å². The summed E-state index contributed by atoms with van der Waals surface area (Å²) in [5.74, 6) is -0.394. The van der Waals surface area contributed by atoms with E-state index < -0.39 is 5.97 Å². The minimum absolute atomic E-state index is 0.156. The number of anilines is 1. The first-order chi connectivity index (χ1) is 10.1. The number of carbonyl (C=O) groups excluding carboxylic acids is 1. The average Bonchev–Trinajstić information content (AvgIpc) is 3.12. The fourth-order valence-corrected chi connectivity index (χ4v) is 3.21. The van der Waals surface area contributed by atoms with Crippen LogP contribution in [0.4, 0.5) is 5.69 Å². The average molecular weight is 303 g/mol. The molecule has 1 amide bonds. The molecule has 0 bridgehead atoms. The van der Waals surface area contributed by atoms with Crippen LogP contribution in [0.3, 0.4) is 0 Å². The van der Waals surface area contributed by atoms with Crippen molar-refractivity contribution >= 4 is 28.9 Å². The van der Waals surface area contributed by atoms with E-state index in [9.17, 15) is 9.59 Å². The zero-order valence-electron chi connectivity index (χ0n) is 11.3. The van der Waals surface area contributed by atoms with Gasteiger partial charge < -0.3 is 14.7 Å². The highest BCUT2D eigenvalue weighted by atomic mass is 32.1. The molecule has 108 valence electrons. The Bertz CT molecular complexity index is 722.